The molecule has 7 nitrogen and oxygen atoms in total. The Labute approximate surface area is 189 Å². The summed E-state index contributed by atoms with van der Waals surface area (Å²) in [6.07, 6.45) is 10.4. The maximum atomic E-state index is 12.7. The van der Waals surface area contributed by atoms with Crippen LogP contribution >= 0.6 is 11.3 Å². The van der Waals surface area contributed by atoms with E-state index in [1.54, 1.807) is 23.9 Å². The molecule has 0 unspecified atom stereocenters. The Balaban J connectivity index is 1.22. The van der Waals surface area contributed by atoms with Gasteiger partial charge in [0.1, 0.15) is 10.7 Å². The van der Waals surface area contributed by atoms with Crippen LogP contribution in [0.5, 0.6) is 0 Å². The molecule has 1 atom stereocenters. The summed E-state index contributed by atoms with van der Waals surface area (Å²) < 4.78 is 1.93. The van der Waals surface area contributed by atoms with Crippen LogP contribution in [0.3, 0.4) is 0 Å². The van der Waals surface area contributed by atoms with Gasteiger partial charge in [0, 0.05) is 35.8 Å². The highest BCUT2D eigenvalue weighted by Crippen LogP contribution is 2.33. The first kappa shape index (κ1) is 20.6. The van der Waals surface area contributed by atoms with Gasteiger partial charge in [0.25, 0.3) is 5.56 Å². The number of hydrogen-bond acceptors (Lipinski definition) is 5. The summed E-state index contributed by atoms with van der Waals surface area (Å²) in [6, 6.07) is 7.91. The maximum Gasteiger partial charge on any atom is 0.259 e. The highest BCUT2D eigenvalue weighted by atomic mass is 32.1. The summed E-state index contributed by atoms with van der Waals surface area (Å²) in [4.78, 5) is 38.9. The number of aromatic nitrogens is 4. The minimum Gasteiger partial charge on any atom is -0.350 e. The van der Waals surface area contributed by atoms with Gasteiger partial charge in [-0.1, -0.05) is 12.1 Å². The SMILES string of the molecule is C[C@H](NC(=O)CCc1nc2sc3c(c2c(=O)[nH]1)CCCC3)c1ccc(-n2ccnc2)cc1. The van der Waals surface area contributed by atoms with Crippen molar-refractivity contribution in [3.8, 4) is 5.69 Å². The third-order valence-electron chi connectivity index (χ3n) is 6.04. The first-order valence-corrected chi connectivity index (χ1v) is 11.8. The van der Waals surface area contributed by atoms with Crippen molar-refractivity contribution < 1.29 is 4.79 Å². The van der Waals surface area contributed by atoms with Crippen molar-refractivity contribution in [1.29, 1.82) is 0 Å². The number of fused-ring (bicyclic) bond motifs is 3. The third kappa shape index (κ3) is 4.10. The molecule has 0 radical (unpaired) electrons. The molecule has 0 spiro atoms. The number of hydrogen-bond donors (Lipinski definition) is 2. The van der Waals surface area contributed by atoms with Crippen molar-refractivity contribution in [3.63, 3.8) is 0 Å². The number of nitrogens with one attached hydrogen (secondary N) is 2. The molecule has 1 aromatic carbocycles. The molecule has 0 saturated heterocycles. The van der Waals surface area contributed by atoms with Crippen molar-refractivity contribution in [2.75, 3.05) is 0 Å². The summed E-state index contributed by atoms with van der Waals surface area (Å²) in [5.41, 5.74) is 3.16. The van der Waals surface area contributed by atoms with E-state index in [-0.39, 0.29) is 23.9 Å². The Morgan fingerprint density at radius 2 is 2.06 bits per heavy atom. The lowest BCUT2D eigenvalue weighted by Crippen LogP contribution is -2.27. The average molecular weight is 448 g/mol. The lowest BCUT2D eigenvalue weighted by molar-refractivity contribution is -0.121. The standard InChI is InChI=1S/C24H25N5O2S/c1-15(16-6-8-17(9-7-16)29-13-12-25-14-29)26-21(30)11-10-20-27-23(31)22-18-4-2-3-5-19(18)32-24(22)28-20/h6-9,12-15H,2-5,10-11H2,1H3,(H,26,30)(H,27,28,31)/t15-/m0/s1. The van der Waals surface area contributed by atoms with Gasteiger partial charge in [-0.15, -0.1) is 11.3 Å². The molecule has 0 bridgehead atoms. The Bertz CT molecular complexity index is 1300. The van der Waals surface area contributed by atoms with Crippen molar-refractivity contribution in [3.05, 3.63) is 75.2 Å². The van der Waals surface area contributed by atoms with E-state index in [0.29, 0.717) is 12.2 Å². The Morgan fingerprint density at radius 1 is 1.25 bits per heavy atom. The van der Waals surface area contributed by atoms with E-state index >= 15 is 0 Å². The fourth-order valence-electron chi connectivity index (χ4n) is 4.30. The highest BCUT2D eigenvalue weighted by molar-refractivity contribution is 7.18. The summed E-state index contributed by atoms with van der Waals surface area (Å²) in [5.74, 6) is 0.512. The molecule has 1 amide bonds. The first-order valence-electron chi connectivity index (χ1n) is 11.0. The monoisotopic (exact) mass is 447 g/mol. The third-order valence-corrected chi connectivity index (χ3v) is 7.22. The van der Waals surface area contributed by atoms with Gasteiger partial charge in [-0.25, -0.2) is 9.97 Å². The molecular weight excluding hydrogens is 422 g/mol. The molecule has 5 rings (SSSR count). The molecule has 8 heteroatoms. The molecule has 0 fully saturated rings. The van der Waals surface area contributed by atoms with Gasteiger partial charge >= 0.3 is 0 Å². The fourth-order valence-corrected chi connectivity index (χ4v) is 5.58. The van der Waals surface area contributed by atoms with Crippen molar-refractivity contribution >= 4 is 27.5 Å². The van der Waals surface area contributed by atoms with E-state index < -0.39 is 0 Å². The molecule has 1 aliphatic rings. The van der Waals surface area contributed by atoms with Crippen LogP contribution in [-0.2, 0) is 24.1 Å². The van der Waals surface area contributed by atoms with E-state index in [2.05, 4.69) is 20.3 Å². The van der Waals surface area contributed by atoms with Crippen LogP contribution in [0.25, 0.3) is 15.9 Å². The number of carbonyl (C=O) groups is 1. The van der Waals surface area contributed by atoms with Gasteiger partial charge < -0.3 is 14.9 Å². The van der Waals surface area contributed by atoms with Crippen LogP contribution in [-0.4, -0.2) is 25.4 Å². The minimum atomic E-state index is -0.113. The van der Waals surface area contributed by atoms with E-state index in [9.17, 15) is 9.59 Å². The molecule has 32 heavy (non-hydrogen) atoms. The van der Waals surface area contributed by atoms with Gasteiger partial charge in [0.05, 0.1) is 17.8 Å². The van der Waals surface area contributed by atoms with Crippen LogP contribution in [0.1, 0.15) is 54.1 Å². The van der Waals surface area contributed by atoms with E-state index in [1.165, 1.54) is 16.9 Å². The van der Waals surface area contributed by atoms with Gasteiger partial charge in [0.15, 0.2) is 0 Å². The predicted molar refractivity (Wildman–Crippen MR) is 125 cm³/mol. The second-order valence-corrected chi connectivity index (χ2v) is 9.34. The largest absolute Gasteiger partial charge is 0.350 e. The molecule has 0 saturated carbocycles. The smallest absolute Gasteiger partial charge is 0.259 e. The van der Waals surface area contributed by atoms with Gasteiger partial charge in [-0.3, -0.25) is 9.59 Å². The number of amides is 1. The average Bonchev–Trinajstić information content (AvgIpc) is 3.46. The highest BCUT2D eigenvalue weighted by Gasteiger charge is 2.20. The van der Waals surface area contributed by atoms with E-state index in [4.69, 9.17) is 0 Å². The van der Waals surface area contributed by atoms with Crippen LogP contribution < -0.4 is 10.9 Å². The molecule has 164 valence electrons. The molecule has 1 aliphatic carbocycles. The second kappa shape index (κ2) is 8.70. The number of nitrogens with zero attached hydrogens (tertiary/aromatic N) is 3. The lowest BCUT2D eigenvalue weighted by atomic mass is 9.97. The van der Waals surface area contributed by atoms with Crippen molar-refractivity contribution in [1.82, 2.24) is 24.8 Å². The van der Waals surface area contributed by atoms with Gasteiger partial charge in [0.2, 0.25) is 5.91 Å². The van der Waals surface area contributed by atoms with E-state index in [1.807, 2.05) is 42.0 Å². The Hall–Kier alpha value is -3.26. The number of rotatable bonds is 6. The number of aromatic amines is 1. The Kier molecular flexibility index (Phi) is 5.61. The number of benzene rings is 1. The summed E-state index contributed by atoms with van der Waals surface area (Å²) >= 11 is 1.63. The predicted octanol–water partition coefficient (Wildman–Crippen LogP) is 3.86. The summed E-state index contributed by atoms with van der Waals surface area (Å²) in [5, 5.41) is 3.79. The zero-order valence-corrected chi connectivity index (χ0v) is 18.7. The summed E-state index contributed by atoms with van der Waals surface area (Å²) in [7, 11) is 0. The van der Waals surface area contributed by atoms with Gasteiger partial charge in [-0.2, -0.15) is 0 Å². The minimum absolute atomic E-state index is 0.0654. The zero-order valence-electron chi connectivity index (χ0n) is 17.9. The molecular formula is C24H25N5O2S. The van der Waals surface area contributed by atoms with E-state index in [0.717, 1.165) is 40.7 Å². The molecule has 4 aromatic rings. The summed E-state index contributed by atoms with van der Waals surface area (Å²) in [6.45, 7) is 1.96. The number of imidazole rings is 1. The van der Waals surface area contributed by atoms with Gasteiger partial charge in [-0.05, 0) is 55.9 Å². The zero-order chi connectivity index (χ0) is 22.1. The lowest BCUT2D eigenvalue weighted by Gasteiger charge is -2.15. The molecule has 3 aromatic heterocycles. The first-order chi connectivity index (χ1) is 15.6. The Morgan fingerprint density at radius 3 is 2.84 bits per heavy atom. The molecule has 2 N–H and O–H groups in total. The topological polar surface area (TPSA) is 92.7 Å². The van der Waals surface area contributed by atoms with Crippen LogP contribution in [0, 0.1) is 0 Å². The van der Waals surface area contributed by atoms with Crippen molar-refractivity contribution in [2.24, 2.45) is 0 Å². The fraction of sp³-hybridized carbons (Fsp3) is 0.333. The number of aryl methyl sites for hydroxylation is 3. The molecule has 0 aliphatic heterocycles. The van der Waals surface area contributed by atoms with Crippen LogP contribution in [0.4, 0.5) is 0 Å². The number of carbonyl (C=O) groups excluding carboxylic acids is 1. The number of H-pyrrole nitrogens is 1. The van der Waals surface area contributed by atoms with Crippen LogP contribution in [0.15, 0.2) is 47.8 Å². The quantitative estimate of drug-likeness (QED) is 0.469. The van der Waals surface area contributed by atoms with Crippen LogP contribution in [0.2, 0.25) is 0 Å². The second-order valence-electron chi connectivity index (χ2n) is 8.25. The number of thiophene rings is 1. The normalized spacial score (nSPS) is 14.3. The maximum absolute atomic E-state index is 12.7. The van der Waals surface area contributed by atoms with Crippen molar-refractivity contribution in [2.45, 2.75) is 51.5 Å². The molecule has 3 heterocycles.